The molecule has 0 aliphatic rings. The fourth-order valence-corrected chi connectivity index (χ4v) is 3.12. The Labute approximate surface area is 185 Å². The number of carbonyl (C=O) groups excluding carboxylic acids is 3. The van der Waals surface area contributed by atoms with Crippen molar-refractivity contribution in [3.05, 3.63) is 35.9 Å². The number of carboxylic acid groups (broad SMARTS) is 1. The molecule has 0 saturated heterocycles. The number of carboxylic acids is 1. The number of nitrogens with two attached hydrogens (primary N) is 1. The minimum Gasteiger partial charge on any atom is -0.480 e. The smallest absolute Gasteiger partial charge is 0.322 e. The average Bonchev–Trinajstić information content (AvgIpc) is 2.74. The lowest BCUT2D eigenvalue weighted by Crippen LogP contribution is -2.56. The number of benzene rings is 1. The maximum atomic E-state index is 12.8. The molecule has 9 nitrogen and oxygen atoms in total. The van der Waals surface area contributed by atoms with E-state index in [1.807, 2.05) is 12.3 Å². The van der Waals surface area contributed by atoms with Gasteiger partial charge in [-0.3, -0.25) is 19.2 Å². The predicted molar refractivity (Wildman–Crippen MR) is 119 cm³/mol. The first-order valence-corrected chi connectivity index (χ1v) is 11.3. The second-order valence-electron chi connectivity index (χ2n) is 6.49. The summed E-state index contributed by atoms with van der Waals surface area (Å²) in [7, 11) is 0. The molecule has 0 aromatic heterocycles. The Kier molecular flexibility index (Phi) is 11.9. The van der Waals surface area contributed by atoms with Crippen LogP contribution in [0, 0.1) is 0 Å². The van der Waals surface area contributed by atoms with E-state index < -0.39 is 48.4 Å². The van der Waals surface area contributed by atoms with E-state index in [9.17, 15) is 19.2 Å². The van der Waals surface area contributed by atoms with Crippen LogP contribution in [0.5, 0.6) is 0 Å². The van der Waals surface area contributed by atoms with Gasteiger partial charge in [-0.25, -0.2) is 0 Å². The maximum Gasteiger partial charge on any atom is 0.322 e. The third-order valence-corrected chi connectivity index (χ3v) is 5.14. The number of carbonyl (C=O) groups is 4. The molecule has 0 spiro atoms. The maximum absolute atomic E-state index is 12.8. The molecule has 0 heterocycles. The van der Waals surface area contributed by atoms with Crippen molar-refractivity contribution in [1.82, 2.24) is 16.0 Å². The van der Waals surface area contributed by atoms with Crippen LogP contribution in [0.4, 0.5) is 0 Å². The molecule has 0 aliphatic heterocycles. The van der Waals surface area contributed by atoms with E-state index in [0.29, 0.717) is 12.2 Å². The SMILES string of the molecule is CSCCC(NC(=O)C(N)CS)C(=O)NC(Cc1ccccc1)C(=O)NCC(=O)O. The Bertz CT molecular complexity index is 720. The monoisotopic (exact) mass is 456 g/mol. The van der Waals surface area contributed by atoms with E-state index in [4.69, 9.17) is 10.8 Å². The van der Waals surface area contributed by atoms with Gasteiger partial charge < -0.3 is 26.8 Å². The molecule has 6 N–H and O–H groups in total. The number of hydrogen-bond acceptors (Lipinski definition) is 7. The number of rotatable bonds is 13. The number of thiol groups is 1. The average molecular weight is 457 g/mol. The molecule has 1 rings (SSSR count). The van der Waals surface area contributed by atoms with E-state index in [0.717, 1.165) is 5.56 Å². The highest BCUT2D eigenvalue weighted by Crippen LogP contribution is 2.06. The van der Waals surface area contributed by atoms with Gasteiger partial charge in [0, 0.05) is 12.2 Å². The quantitative estimate of drug-likeness (QED) is 0.217. The van der Waals surface area contributed by atoms with Crippen molar-refractivity contribution in [3.8, 4) is 0 Å². The van der Waals surface area contributed by atoms with Gasteiger partial charge in [0.15, 0.2) is 0 Å². The Balaban J connectivity index is 2.94. The third-order valence-electron chi connectivity index (χ3n) is 4.11. The Morgan fingerprint density at radius 3 is 2.27 bits per heavy atom. The summed E-state index contributed by atoms with van der Waals surface area (Å²) in [6.45, 7) is -0.566. The van der Waals surface area contributed by atoms with Crippen molar-refractivity contribution in [2.24, 2.45) is 5.73 Å². The summed E-state index contributed by atoms with van der Waals surface area (Å²) in [5.74, 6) is -2.16. The number of aliphatic carboxylic acids is 1. The standard InChI is InChI=1S/C19H28N4O5S2/c1-30-8-7-14(22-17(26)13(20)11-29)19(28)23-15(18(27)21-10-16(24)25)9-12-5-3-2-4-6-12/h2-6,13-15,29H,7-11,20H2,1H3,(H,21,27)(H,22,26)(H,23,28)(H,24,25). The first kappa shape index (κ1) is 25.8. The van der Waals surface area contributed by atoms with E-state index in [1.165, 1.54) is 11.8 Å². The summed E-state index contributed by atoms with van der Waals surface area (Å²) in [6.07, 6.45) is 2.37. The van der Waals surface area contributed by atoms with Gasteiger partial charge in [-0.2, -0.15) is 24.4 Å². The molecule has 0 aliphatic carbocycles. The lowest BCUT2D eigenvalue weighted by Gasteiger charge is -2.24. The molecule has 1 aromatic carbocycles. The predicted octanol–water partition coefficient (Wildman–Crippen LogP) is -0.590. The zero-order valence-corrected chi connectivity index (χ0v) is 18.4. The third kappa shape index (κ3) is 9.51. The first-order chi connectivity index (χ1) is 14.3. The fourth-order valence-electron chi connectivity index (χ4n) is 2.48. The van der Waals surface area contributed by atoms with Gasteiger partial charge in [-0.05, 0) is 24.0 Å². The second kappa shape index (κ2) is 13.9. The van der Waals surface area contributed by atoms with Crippen LogP contribution in [-0.4, -0.2) is 71.2 Å². The minimum absolute atomic E-state index is 0.122. The highest BCUT2D eigenvalue weighted by Gasteiger charge is 2.28. The Hall–Kier alpha value is -2.24. The summed E-state index contributed by atoms with van der Waals surface area (Å²) in [6, 6.07) is 6.24. The topological polar surface area (TPSA) is 151 Å². The van der Waals surface area contributed by atoms with E-state index in [2.05, 4.69) is 28.6 Å². The molecule has 30 heavy (non-hydrogen) atoms. The van der Waals surface area contributed by atoms with Gasteiger partial charge in [0.1, 0.15) is 18.6 Å². The molecule has 3 unspecified atom stereocenters. The summed E-state index contributed by atoms with van der Waals surface area (Å²) in [5.41, 5.74) is 6.46. The molecule has 11 heteroatoms. The van der Waals surface area contributed by atoms with Crippen LogP contribution in [0.2, 0.25) is 0 Å². The molecule has 0 fully saturated rings. The first-order valence-electron chi connectivity index (χ1n) is 9.28. The Morgan fingerprint density at radius 2 is 1.70 bits per heavy atom. The number of nitrogens with one attached hydrogen (secondary N) is 3. The van der Waals surface area contributed by atoms with Gasteiger partial charge in [-0.15, -0.1) is 0 Å². The van der Waals surface area contributed by atoms with Crippen LogP contribution in [0.15, 0.2) is 30.3 Å². The lowest BCUT2D eigenvalue weighted by atomic mass is 10.0. The molecule has 3 amide bonds. The molecular weight excluding hydrogens is 428 g/mol. The second-order valence-corrected chi connectivity index (χ2v) is 7.84. The van der Waals surface area contributed by atoms with E-state index in [-0.39, 0.29) is 12.2 Å². The van der Waals surface area contributed by atoms with Gasteiger partial charge in [0.05, 0.1) is 6.04 Å². The zero-order chi connectivity index (χ0) is 22.5. The largest absolute Gasteiger partial charge is 0.480 e. The molecule has 166 valence electrons. The van der Waals surface area contributed by atoms with E-state index >= 15 is 0 Å². The van der Waals surface area contributed by atoms with Gasteiger partial charge >= 0.3 is 5.97 Å². The zero-order valence-electron chi connectivity index (χ0n) is 16.7. The van der Waals surface area contributed by atoms with Crippen molar-refractivity contribution >= 4 is 48.1 Å². The Morgan fingerprint density at radius 1 is 1.07 bits per heavy atom. The van der Waals surface area contributed by atoms with Crippen LogP contribution in [-0.2, 0) is 25.6 Å². The van der Waals surface area contributed by atoms with Crippen molar-refractivity contribution in [1.29, 1.82) is 0 Å². The number of amides is 3. The highest BCUT2D eigenvalue weighted by molar-refractivity contribution is 7.98. The minimum atomic E-state index is -1.20. The molecule has 0 radical (unpaired) electrons. The summed E-state index contributed by atoms with van der Waals surface area (Å²) < 4.78 is 0. The van der Waals surface area contributed by atoms with E-state index in [1.54, 1.807) is 24.3 Å². The fraction of sp³-hybridized carbons (Fsp3) is 0.474. The number of thioether (sulfide) groups is 1. The van der Waals surface area contributed by atoms with Crippen LogP contribution in [0.3, 0.4) is 0 Å². The van der Waals surface area contributed by atoms with Crippen LogP contribution in [0.25, 0.3) is 0 Å². The van der Waals surface area contributed by atoms with Crippen LogP contribution < -0.4 is 21.7 Å². The van der Waals surface area contributed by atoms with Crippen molar-refractivity contribution < 1.29 is 24.3 Å². The van der Waals surface area contributed by atoms with Crippen molar-refractivity contribution in [2.45, 2.75) is 31.0 Å². The summed E-state index contributed by atoms with van der Waals surface area (Å²) in [4.78, 5) is 48.2. The summed E-state index contributed by atoms with van der Waals surface area (Å²) >= 11 is 5.49. The van der Waals surface area contributed by atoms with Crippen molar-refractivity contribution in [3.63, 3.8) is 0 Å². The molecule has 0 bridgehead atoms. The number of hydrogen-bond donors (Lipinski definition) is 6. The highest BCUT2D eigenvalue weighted by atomic mass is 32.2. The molecular formula is C19H28N4O5S2. The van der Waals surface area contributed by atoms with Gasteiger partial charge in [0.25, 0.3) is 0 Å². The molecule has 3 atom stereocenters. The summed E-state index contributed by atoms with van der Waals surface area (Å²) in [5, 5.41) is 16.3. The van der Waals surface area contributed by atoms with Gasteiger partial charge in [0.2, 0.25) is 17.7 Å². The van der Waals surface area contributed by atoms with Crippen molar-refractivity contribution in [2.75, 3.05) is 24.3 Å². The normalized spacial score (nSPS) is 13.6. The van der Waals surface area contributed by atoms with Gasteiger partial charge in [-0.1, -0.05) is 30.3 Å². The van der Waals surface area contributed by atoms with Crippen LogP contribution >= 0.6 is 24.4 Å². The van der Waals surface area contributed by atoms with Crippen LogP contribution in [0.1, 0.15) is 12.0 Å². The lowest BCUT2D eigenvalue weighted by molar-refractivity contribution is -0.138. The molecule has 0 saturated carbocycles. The molecule has 1 aromatic rings.